The molecule has 4 rings (SSSR count). The van der Waals surface area contributed by atoms with Gasteiger partial charge in [0.15, 0.2) is 0 Å². The van der Waals surface area contributed by atoms with E-state index in [9.17, 15) is 24.8 Å². The highest BCUT2D eigenvalue weighted by atomic mass is 16.6. The molecule has 1 aliphatic carbocycles. The highest BCUT2D eigenvalue weighted by Gasteiger charge is 2.41. The number of carbonyl (C=O) groups excluding carboxylic acids is 2. The van der Waals surface area contributed by atoms with E-state index in [1.807, 2.05) is 18.2 Å². The molecular formula is C21H20N2O6. The van der Waals surface area contributed by atoms with Crippen molar-refractivity contribution in [1.82, 2.24) is 4.90 Å². The van der Waals surface area contributed by atoms with Crippen molar-refractivity contribution >= 4 is 17.5 Å². The molecule has 2 atom stereocenters. The zero-order valence-corrected chi connectivity index (χ0v) is 15.6. The number of aryl methyl sites for hydroxylation is 1. The highest BCUT2D eigenvalue weighted by molar-refractivity contribution is 6.23. The van der Waals surface area contributed by atoms with Crippen LogP contribution in [0.3, 0.4) is 0 Å². The lowest BCUT2D eigenvalue weighted by molar-refractivity contribution is -0.385. The van der Waals surface area contributed by atoms with E-state index in [2.05, 4.69) is 6.07 Å². The number of benzene rings is 2. The molecular weight excluding hydrogens is 376 g/mol. The third-order valence-electron chi connectivity index (χ3n) is 5.37. The van der Waals surface area contributed by atoms with Gasteiger partial charge in [0.1, 0.15) is 5.56 Å². The lowest BCUT2D eigenvalue weighted by atomic mass is 9.89. The van der Waals surface area contributed by atoms with Crippen molar-refractivity contribution in [3.05, 3.63) is 74.8 Å². The number of nitrogens with zero attached hydrogens (tertiary/aromatic N) is 2. The minimum Gasteiger partial charge on any atom is -0.389 e. The van der Waals surface area contributed by atoms with Crippen LogP contribution in [0.2, 0.25) is 0 Å². The van der Waals surface area contributed by atoms with E-state index < -0.39 is 28.5 Å². The van der Waals surface area contributed by atoms with Crippen LogP contribution < -0.4 is 0 Å². The second-order valence-electron chi connectivity index (χ2n) is 7.24. The number of nitro groups is 1. The minimum absolute atomic E-state index is 0.0153. The topological polar surface area (TPSA) is 110 Å². The van der Waals surface area contributed by atoms with Crippen LogP contribution in [0.15, 0.2) is 42.5 Å². The Labute approximate surface area is 166 Å². The predicted octanol–water partition coefficient (Wildman–Crippen LogP) is 2.65. The van der Waals surface area contributed by atoms with Crippen LogP contribution in [0.1, 0.15) is 50.8 Å². The smallest absolute Gasteiger partial charge is 0.282 e. The Bertz CT molecular complexity index is 989. The van der Waals surface area contributed by atoms with Gasteiger partial charge in [-0.2, -0.15) is 0 Å². The predicted molar refractivity (Wildman–Crippen MR) is 103 cm³/mol. The molecule has 2 aromatic rings. The van der Waals surface area contributed by atoms with E-state index in [0.29, 0.717) is 0 Å². The van der Waals surface area contributed by atoms with Crippen molar-refractivity contribution in [2.24, 2.45) is 0 Å². The molecule has 8 nitrogen and oxygen atoms in total. The molecule has 0 saturated carbocycles. The summed E-state index contributed by atoms with van der Waals surface area (Å²) in [5.41, 5.74) is 1.68. The standard InChI is InChI=1S/C21H20N2O6/c24-14(12-29-18-10-3-6-13-5-1-2-7-15(13)18)11-22-20(25)16-8-4-9-17(23(27)28)19(16)21(22)26/h1-2,4-5,7-9,14,18,24H,3,6,10-12H2/t14-,18-/m0/s1. The summed E-state index contributed by atoms with van der Waals surface area (Å²) in [5.74, 6) is -1.41. The van der Waals surface area contributed by atoms with E-state index in [1.54, 1.807) is 0 Å². The number of amides is 2. The Morgan fingerprint density at radius 2 is 1.97 bits per heavy atom. The number of hydrogen-bond donors (Lipinski definition) is 1. The molecule has 0 spiro atoms. The van der Waals surface area contributed by atoms with E-state index >= 15 is 0 Å². The first-order chi connectivity index (χ1) is 14.0. The van der Waals surface area contributed by atoms with Gasteiger partial charge in [0.2, 0.25) is 0 Å². The number of carbonyl (C=O) groups is 2. The Kier molecular flexibility index (Phi) is 5.12. The molecule has 150 valence electrons. The number of aliphatic hydroxyl groups excluding tert-OH is 1. The van der Waals surface area contributed by atoms with Crippen LogP contribution >= 0.6 is 0 Å². The van der Waals surface area contributed by atoms with Crippen LogP contribution in [0, 0.1) is 10.1 Å². The van der Waals surface area contributed by atoms with Crippen molar-refractivity contribution in [2.75, 3.05) is 13.2 Å². The number of ether oxygens (including phenoxy) is 1. The van der Waals surface area contributed by atoms with Gasteiger partial charge in [0, 0.05) is 6.07 Å². The maximum absolute atomic E-state index is 12.6. The number of aliphatic hydroxyl groups is 1. The zero-order chi connectivity index (χ0) is 20.5. The van der Waals surface area contributed by atoms with Crippen molar-refractivity contribution in [3.63, 3.8) is 0 Å². The summed E-state index contributed by atoms with van der Waals surface area (Å²) in [7, 11) is 0. The summed E-state index contributed by atoms with van der Waals surface area (Å²) in [6.07, 6.45) is 1.58. The Morgan fingerprint density at radius 3 is 2.76 bits per heavy atom. The van der Waals surface area contributed by atoms with Crippen LogP contribution in [0.4, 0.5) is 5.69 Å². The van der Waals surface area contributed by atoms with Gasteiger partial charge in [-0.1, -0.05) is 30.3 Å². The van der Waals surface area contributed by atoms with Crippen LogP contribution in [-0.2, 0) is 11.2 Å². The molecule has 1 N–H and O–H groups in total. The van der Waals surface area contributed by atoms with Gasteiger partial charge < -0.3 is 9.84 Å². The van der Waals surface area contributed by atoms with Gasteiger partial charge in [0.05, 0.1) is 35.8 Å². The van der Waals surface area contributed by atoms with E-state index in [1.165, 1.54) is 23.8 Å². The average Bonchev–Trinajstić information content (AvgIpc) is 2.97. The Balaban J connectivity index is 1.43. The summed E-state index contributed by atoms with van der Waals surface area (Å²) in [6, 6.07) is 11.9. The fourth-order valence-corrected chi connectivity index (χ4v) is 4.01. The van der Waals surface area contributed by atoms with Gasteiger partial charge in [-0.3, -0.25) is 24.6 Å². The maximum atomic E-state index is 12.6. The fourth-order valence-electron chi connectivity index (χ4n) is 4.01. The molecule has 0 unspecified atom stereocenters. The summed E-state index contributed by atoms with van der Waals surface area (Å²) in [5, 5.41) is 21.6. The van der Waals surface area contributed by atoms with Crippen LogP contribution in [0.25, 0.3) is 0 Å². The Morgan fingerprint density at radius 1 is 1.17 bits per heavy atom. The van der Waals surface area contributed by atoms with Crippen molar-refractivity contribution in [1.29, 1.82) is 0 Å². The first kappa shape index (κ1) is 19.2. The third kappa shape index (κ3) is 3.52. The molecule has 2 amide bonds. The number of β-amino-alcohol motifs (C(OH)–C–C–N with tert-alkyl or cyclic N) is 1. The summed E-state index contributed by atoms with van der Waals surface area (Å²) in [4.78, 5) is 36.4. The van der Waals surface area contributed by atoms with Gasteiger partial charge in [-0.05, 0) is 36.5 Å². The van der Waals surface area contributed by atoms with E-state index in [4.69, 9.17) is 4.74 Å². The van der Waals surface area contributed by atoms with Crippen LogP contribution in [-0.4, -0.2) is 46.0 Å². The molecule has 29 heavy (non-hydrogen) atoms. The molecule has 0 radical (unpaired) electrons. The lowest BCUT2D eigenvalue weighted by Crippen LogP contribution is -2.39. The second kappa shape index (κ2) is 7.73. The molecule has 2 aliphatic rings. The van der Waals surface area contributed by atoms with Crippen LogP contribution in [0.5, 0.6) is 0 Å². The summed E-state index contributed by atoms with van der Waals surface area (Å²) in [6.45, 7) is -0.327. The molecule has 1 aliphatic heterocycles. The van der Waals surface area contributed by atoms with Crippen molar-refractivity contribution < 1.29 is 24.4 Å². The van der Waals surface area contributed by atoms with E-state index in [-0.39, 0.29) is 30.4 Å². The second-order valence-corrected chi connectivity index (χ2v) is 7.24. The lowest BCUT2D eigenvalue weighted by Gasteiger charge is -2.27. The molecule has 2 aromatic carbocycles. The number of imide groups is 1. The van der Waals surface area contributed by atoms with Gasteiger partial charge in [-0.15, -0.1) is 0 Å². The molecule has 0 bridgehead atoms. The van der Waals surface area contributed by atoms with E-state index in [0.717, 1.165) is 29.7 Å². The quantitative estimate of drug-likeness (QED) is 0.457. The highest BCUT2D eigenvalue weighted by Crippen LogP contribution is 2.33. The SMILES string of the molecule is O=C1c2cccc([N+](=O)[O-])c2C(=O)N1C[C@H](O)CO[C@H]1CCCc2ccccc21. The van der Waals surface area contributed by atoms with Gasteiger partial charge in [-0.25, -0.2) is 0 Å². The monoisotopic (exact) mass is 396 g/mol. The molecule has 1 heterocycles. The summed E-state index contributed by atoms with van der Waals surface area (Å²) < 4.78 is 5.88. The third-order valence-corrected chi connectivity index (χ3v) is 5.37. The molecule has 8 heteroatoms. The first-order valence-electron chi connectivity index (χ1n) is 9.48. The zero-order valence-electron chi connectivity index (χ0n) is 15.6. The van der Waals surface area contributed by atoms with Gasteiger partial charge >= 0.3 is 0 Å². The van der Waals surface area contributed by atoms with Gasteiger partial charge in [0.25, 0.3) is 17.5 Å². The number of rotatable bonds is 6. The number of hydrogen-bond acceptors (Lipinski definition) is 6. The Hall–Kier alpha value is -3.10. The van der Waals surface area contributed by atoms with Crippen molar-refractivity contribution in [3.8, 4) is 0 Å². The minimum atomic E-state index is -1.09. The molecule has 0 fully saturated rings. The normalized spacial score (nSPS) is 19.1. The largest absolute Gasteiger partial charge is 0.389 e. The average molecular weight is 396 g/mol. The van der Waals surface area contributed by atoms with Crippen molar-refractivity contribution in [2.45, 2.75) is 31.5 Å². The fraction of sp³-hybridized carbons (Fsp3) is 0.333. The maximum Gasteiger partial charge on any atom is 0.282 e. The number of fused-ring (bicyclic) bond motifs is 2. The first-order valence-corrected chi connectivity index (χ1v) is 9.48. The summed E-state index contributed by atoms with van der Waals surface area (Å²) >= 11 is 0. The number of nitro benzene ring substituents is 1. The molecule has 0 saturated heterocycles. The molecule has 0 aromatic heterocycles.